The van der Waals surface area contributed by atoms with Gasteiger partial charge in [0.05, 0.1) is 6.04 Å². The molecule has 1 aromatic carbocycles. The molecule has 0 saturated heterocycles. The van der Waals surface area contributed by atoms with Crippen LogP contribution in [-0.2, 0) is 0 Å². The highest BCUT2D eigenvalue weighted by atomic mass is 32.1. The third-order valence-electron chi connectivity index (χ3n) is 3.42. The van der Waals surface area contributed by atoms with E-state index < -0.39 is 0 Å². The normalized spacial score (nSPS) is 12.0. The minimum absolute atomic E-state index is 0.0240. The average Bonchev–Trinajstić information content (AvgIpc) is 2.79. The predicted octanol–water partition coefficient (Wildman–Crippen LogP) is 4.29. The van der Waals surface area contributed by atoms with Crippen LogP contribution in [0.4, 0.5) is 5.69 Å². The summed E-state index contributed by atoms with van der Waals surface area (Å²) in [5.41, 5.74) is 2.93. The van der Waals surface area contributed by atoms with Crippen molar-refractivity contribution in [3.8, 4) is 0 Å². The number of anilines is 1. The van der Waals surface area contributed by atoms with Crippen molar-refractivity contribution in [3.63, 3.8) is 0 Å². The number of thiophene rings is 1. The van der Waals surface area contributed by atoms with Gasteiger partial charge in [0, 0.05) is 27.5 Å². The third-order valence-corrected chi connectivity index (χ3v) is 4.40. The van der Waals surface area contributed by atoms with Crippen LogP contribution in [0.3, 0.4) is 0 Å². The summed E-state index contributed by atoms with van der Waals surface area (Å²) in [5.74, 6) is -0.0335. The lowest BCUT2D eigenvalue weighted by molar-refractivity contribution is 0.0940. The quantitative estimate of drug-likeness (QED) is 0.865. The minimum Gasteiger partial charge on any atom is -0.385 e. The zero-order chi connectivity index (χ0) is 15.4. The lowest BCUT2D eigenvalue weighted by atomic mass is 10.1. The van der Waals surface area contributed by atoms with E-state index in [1.807, 2.05) is 38.1 Å². The Morgan fingerprint density at radius 2 is 1.90 bits per heavy atom. The van der Waals surface area contributed by atoms with Gasteiger partial charge in [0.2, 0.25) is 0 Å². The molecule has 2 N–H and O–H groups in total. The predicted molar refractivity (Wildman–Crippen MR) is 90.3 cm³/mol. The Balaban J connectivity index is 2.05. The van der Waals surface area contributed by atoms with Crippen LogP contribution in [0.25, 0.3) is 0 Å². The summed E-state index contributed by atoms with van der Waals surface area (Å²) >= 11 is 1.77. The standard InChI is InChI=1S/C17H22N2OS/c1-5-18-15-8-6-14(7-9-15)17(20)19-12(3)16-10-11(2)21-13(16)4/h6-10,12,18H,5H2,1-4H3,(H,19,20). The molecule has 0 radical (unpaired) electrons. The largest absolute Gasteiger partial charge is 0.385 e. The van der Waals surface area contributed by atoms with E-state index in [0.717, 1.165) is 12.2 Å². The summed E-state index contributed by atoms with van der Waals surface area (Å²) < 4.78 is 0. The van der Waals surface area contributed by atoms with Crippen molar-refractivity contribution in [2.75, 3.05) is 11.9 Å². The summed E-state index contributed by atoms with van der Waals surface area (Å²) in [6.07, 6.45) is 0. The molecule has 21 heavy (non-hydrogen) atoms. The van der Waals surface area contributed by atoms with E-state index in [1.54, 1.807) is 11.3 Å². The van der Waals surface area contributed by atoms with Crippen molar-refractivity contribution in [2.24, 2.45) is 0 Å². The maximum Gasteiger partial charge on any atom is 0.251 e. The smallest absolute Gasteiger partial charge is 0.251 e. The van der Waals surface area contributed by atoms with Gasteiger partial charge < -0.3 is 10.6 Å². The number of carbonyl (C=O) groups excluding carboxylic acids is 1. The second kappa shape index (κ2) is 6.76. The second-order valence-corrected chi connectivity index (χ2v) is 6.63. The molecule has 1 amide bonds. The molecule has 1 heterocycles. The van der Waals surface area contributed by atoms with Gasteiger partial charge in [-0.05, 0) is 63.6 Å². The van der Waals surface area contributed by atoms with Crippen LogP contribution in [0.2, 0.25) is 0 Å². The van der Waals surface area contributed by atoms with Crippen molar-refractivity contribution >= 4 is 22.9 Å². The summed E-state index contributed by atoms with van der Waals surface area (Å²) in [6.45, 7) is 9.14. The van der Waals surface area contributed by atoms with Gasteiger partial charge in [0.25, 0.3) is 5.91 Å². The van der Waals surface area contributed by atoms with E-state index in [-0.39, 0.29) is 11.9 Å². The maximum atomic E-state index is 12.3. The maximum absolute atomic E-state index is 12.3. The topological polar surface area (TPSA) is 41.1 Å². The lowest BCUT2D eigenvalue weighted by Crippen LogP contribution is -2.26. The van der Waals surface area contributed by atoms with Crippen LogP contribution in [0, 0.1) is 13.8 Å². The van der Waals surface area contributed by atoms with Crippen LogP contribution < -0.4 is 10.6 Å². The Hall–Kier alpha value is -1.81. The highest BCUT2D eigenvalue weighted by Gasteiger charge is 2.14. The molecule has 112 valence electrons. The number of benzene rings is 1. The summed E-state index contributed by atoms with van der Waals surface area (Å²) in [4.78, 5) is 14.8. The third kappa shape index (κ3) is 3.85. The molecule has 0 aliphatic heterocycles. The molecule has 0 aliphatic carbocycles. The van der Waals surface area contributed by atoms with Crippen molar-refractivity contribution in [2.45, 2.75) is 33.7 Å². The van der Waals surface area contributed by atoms with E-state index in [9.17, 15) is 4.79 Å². The number of hydrogen-bond acceptors (Lipinski definition) is 3. The molecule has 1 atom stereocenters. The second-order valence-electron chi connectivity index (χ2n) is 5.17. The van der Waals surface area contributed by atoms with Gasteiger partial charge in [-0.1, -0.05) is 0 Å². The first-order valence-corrected chi connectivity index (χ1v) is 8.04. The van der Waals surface area contributed by atoms with Crippen LogP contribution in [0.1, 0.15) is 45.6 Å². The van der Waals surface area contributed by atoms with Gasteiger partial charge in [-0.3, -0.25) is 4.79 Å². The lowest BCUT2D eigenvalue weighted by Gasteiger charge is -2.14. The van der Waals surface area contributed by atoms with Gasteiger partial charge in [-0.2, -0.15) is 0 Å². The number of amides is 1. The molecule has 1 aromatic heterocycles. The first-order valence-electron chi connectivity index (χ1n) is 7.23. The zero-order valence-corrected chi connectivity index (χ0v) is 13.8. The average molecular weight is 302 g/mol. The Kier molecular flexibility index (Phi) is 5.02. The first kappa shape index (κ1) is 15.6. The molecule has 0 bridgehead atoms. The fourth-order valence-corrected chi connectivity index (χ4v) is 3.40. The Labute approximate surface area is 130 Å². The molecular weight excluding hydrogens is 280 g/mol. The van der Waals surface area contributed by atoms with Crippen LogP contribution in [0.5, 0.6) is 0 Å². The van der Waals surface area contributed by atoms with E-state index in [0.29, 0.717) is 5.56 Å². The Morgan fingerprint density at radius 3 is 2.43 bits per heavy atom. The zero-order valence-electron chi connectivity index (χ0n) is 13.0. The Morgan fingerprint density at radius 1 is 1.24 bits per heavy atom. The number of hydrogen-bond donors (Lipinski definition) is 2. The first-order chi connectivity index (χ1) is 10.0. The molecule has 4 heteroatoms. The van der Waals surface area contributed by atoms with Crippen molar-refractivity contribution in [3.05, 3.63) is 51.2 Å². The number of aryl methyl sites for hydroxylation is 2. The van der Waals surface area contributed by atoms with Crippen LogP contribution in [-0.4, -0.2) is 12.5 Å². The van der Waals surface area contributed by atoms with Crippen LogP contribution >= 0.6 is 11.3 Å². The molecule has 1 unspecified atom stereocenters. The molecule has 0 fully saturated rings. The summed E-state index contributed by atoms with van der Waals surface area (Å²) in [6, 6.07) is 9.75. The molecule has 3 nitrogen and oxygen atoms in total. The van der Waals surface area contributed by atoms with E-state index >= 15 is 0 Å². The highest BCUT2D eigenvalue weighted by Crippen LogP contribution is 2.26. The molecule has 0 saturated carbocycles. The molecule has 0 aliphatic rings. The fourth-order valence-electron chi connectivity index (χ4n) is 2.38. The minimum atomic E-state index is -0.0335. The highest BCUT2D eigenvalue weighted by molar-refractivity contribution is 7.12. The Bertz CT molecular complexity index is 616. The van der Waals surface area contributed by atoms with Gasteiger partial charge in [-0.15, -0.1) is 11.3 Å². The molecule has 2 aromatic rings. The van der Waals surface area contributed by atoms with E-state index in [1.165, 1.54) is 15.3 Å². The number of nitrogens with one attached hydrogen (secondary N) is 2. The molecule has 2 rings (SSSR count). The van der Waals surface area contributed by atoms with Gasteiger partial charge >= 0.3 is 0 Å². The molecule has 0 spiro atoms. The number of carbonyl (C=O) groups is 1. The summed E-state index contributed by atoms with van der Waals surface area (Å²) in [5, 5.41) is 6.29. The monoisotopic (exact) mass is 302 g/mol. The number of rotatable bonds is 5. The van der Waals surface area contributed by atoms with Gasteiger partial charge in [-0.25, -0.2) is 0 Å². The van der Waals surface area contributed by atoms with E-state index in [4.69, 9.17) is 0 Å². The van der Waals surface area contributed by atoms with Crippen LogP contribution in [0.15, 0.2) is 30.3 Å². The molecular formula is C17H22N2OS. The fraction of sp³-hybridized carbons (Fsp3) is 0.353. The van der Waals surface area contributed by atoms with Gasteiger partial charge in [0.1, 0.15) is 0 Å². The van der Waals surface area contributed by atoms with E-state index in [2.05, 4.69) is 30.5 Å². The van der Waals surface area contributed by atoms with Crippen molar-refractivity contribution in [1.29, 1.82) is 0 Å². The SMILES string of the molecule is CCNc1ccc(C(=O)NC(C)c2cc(C)sc2C)cc1. The van der Waals surface area contributed by atoms with Gasteiger partial charge in [0.15, 0.2) is 0 Å². The summed E-state index contributed by atoms with van der Waals surface area (Å²) in [7, 11) is 0. The van der Waals surface area contributed by atoms with Crippen molar-refractivity contribution < 1.29 is 4.79 Å². The van der Waals surface area contributed by atoms with Crippen molar-refractivity contribution in [1.82, 2.24) is 5.32 Å².